The first-order valence-electron chi connectivity index (χ1n) is 14.9. The van der Waals surface area contributed by atoms with Crippen LogP contribution in [-0.4, -0.2) is 74.9 Å². The van der Waals surface area contributed by atoms with Crippen LogP contribution >= 0.6 is 0 Å². The van der Waals surface area contributed by atoms with Crippen molar-refractivity contribution in [3.63, 3.8) is 0 Å². The van der Waals surface area contributed by atoms with E-state index in [-0.39, 0.29) is 28.8 Å². The zero-order valence-electron chi connectivity index (χ0n) is 23.6. The van der Waals surface area contributed by atoms with Gasteiger partial charge < -0.3 is 15.3 Å². The molecule has 0 spiro atoms. The molecule has 0 unspecified atom stereocenters. The van der Waals surface area contributed by atoms with E-state index in [2.05, 4.69) is 42.8 Å². The Labute approximate surface area is 248 Å². The Hall–Kier alpha value is -4.31. The van der Waals surface area contributed by atoms with Gasteiger partial charge in [0.1, 0.15) is 28.9 Å². The summed E-state index contributed by atoms with van der Waals surface area (Å²) in [7, 11) is 0. The molecule has 2 bridgehead atoms. The molecular weight excluding hydrogens is 546 g/mol. The maximum absolute atomic E-state index is 16.7. The van der Waals surface area contributed by atoms with Gasteiger partial charge in [-0.2, -0.15) is 0 Å². The molecule has 2 aromatic heterocycles. The summed E-state index contributed by atoms with van der Waals surface area (Å²) >= 11 is 0. The molecule has 2 N–H and O–H groups in total. The molecule has 4 atom stereocenters. The van der Waals surface area contributed by atoms with Crippen LogP contribution in [0.5, 0.6) is 5.75 Å². The summed E-state index contributed by atoms with van der Waals surface area (Å²) in [4.78, 5) is 18.5. The van der Waals surface area contributed by atoms with Gasteiger partial charge in [-0.1, -0.05) is 24.0 Å². The Kier molecular flexibility index (Phi) is 6.04. The van der Waals surface area contributed by atoms with Crippen molar-refractivity contribution in [2.24, 2.45) is 0 Å². The Balaban J connectivity index is 1.33. The molecule has 5 saturated heterocycles. The molecule has 5 fully saturated rings. The Bertz CT molecular complexity index is 1900. The van der Waals surface area contributed by atoms with Crippen molar-refractivity contribution >= 4 is 27.5 Å². The number of fused-ring (bicyclic) bond motifs is 6. The molecule has 7 heterocycles. The van der Waals surface area contributed by atoms with Gasteiger partial charge >= 0.3 is 0 Å². The van der Waals surface area contributed by atoms with E-state index in [9.17, 15) is 9.50 Å². The molecular formula is C34H30F2N6O. The van der Waals surface area contributed by atoms with Gasteiger partial charge in [-0.3, -0.25) is 9.88 Å². The van der Waals surface area contributed by atoms with Crippen LogP contribution in [0, 0.1) is 30.0 Å². The molecule has 43 heavy (non-hydrogen) atoms. The summed E-state index contributed by atoms with van der Waals surface area (Å²) in [5, 5.41) is 15.9. The Morgan fingerprint density at radius 2 is 2.07 bits per heavy atom. The molecule has 7 nitrogen and oxygen atoms in total. The molecule has 216 valence electrons. The number of anilines is 1. The van der Waals surface area contributed by atoms with Gasteiger partial charge in [0, 0.05) is 60.8 Å². The second-order valence-corrected chi connectivity index (χ2v) is 12.2. The van der Waals surface area contributed by atoms with Crippen LogP contribution in [0.3, 0.4) is 0 Å². The van der Waals surface area contributed by atoms with E-state index in [0.717, 1.165) is 45.3 Å². The molecule has 9 heteroatoms. The highest BCUT2D eigenvalue weighted by Crippen LogP contribution is 2.41. The van der Waals surface area contributed by atoms with Crippen LogP contribution in [-0.2, 0) is 0 Å². The van der Waals surface area contributed by atoms with Gasteiger partial charge in [0.05, 0.1) is 10.9 Å². The van der Waals surface area contributed by atoms with Crippen LogP contribution in [0.25, 0.3) is 32.9 Å². The van der Waals surface area contributed by atoms with Crippen molar-refractivity contribution in [1.29, 1.82) is 0 Å². The van der Waals surface area contributed by atoms with Crippen molar-refractivity contribution in [2.75, 3.05) is 31.1 Å². The number of hydrogen-bond acceptors (Lipinski definition) is 7. The monoisotopic (exact) mass is 576 g/mol. The average molecular weight is 577 g/mol. The number of phenols is 1. The molecule has 0 aliphatic carbocycles. The van der Waals surface area contributed by atoms with Crippen molar-refractivity contribution < 1.29 is 13.9 Å². The predicted octanol–water partition coefficient (Wildman–Crippen LogP) is 4.54. The molecule has 5 aliphatic rings. The summed E-state index contributed by atoms with van der Waals surface area (Å²) in [5.41, 5.74) is 0.582. The largest absolute Gasteiger partial charge is 0.508 e. The number of aromatic hydroxyl groups is 1. The summed E-state index contributed by atoms with van der Waals surface area (Å²) in [6.45, 7) is 2.79. The number of phenolic OH excluding ortho intramolecular Hbond substituents is 1. The van der Waals surface area contributed by atoms with E-state index < -0.39 is 17.5 Å². The SMILES string of the molecule is C#Cc1cccc2cc(O)cc(-c3ncc4c(N5C[C@H]6CC[C@@H]5CN6)nc(C#C[C@@]56CCCN5C[C@H](F)C6)nc4c3F)c12. The molecule has 0 saturated carbocycles. The van der Waals surface area contributed by atoms with E-state index in [1.54, 1.807) is 24.4 Å². The van der Waals surface area contributed by atoms with Crippen LogP contribution in [0.4, 0.5) is 14.6 Å². The number of aromatic nitrogens is 3. The predicted molar refractivity (Wildman–Crippen MR) is 162 cm³/mol. The van der Waals surface area contributed by atoms with Gasteiger partial charge in [-0.15, -0.1) is 6.42 Å². The van der Waals surface area contributed by atoms with Gasteiger partial charge in [-0.25, -0.2) is 18.7 Å². The Morgan fingerprint density at radius 3 is 2.86 bits per heavy atom. The van der Waals surface area contributed by atoms with Gasteiger partial charge in [0.2, 0.25) is 5.82 Å². The lowest BCUT2D eigenvalue weighted by molar-refractivity contribution is 0.255. The molecule has 9 rings (SSSR count). The number of nitrogens with zero attached hydrogens (tertiary/aromatic N) is 5. The molecule has 2 aromatic carbocycles. The number of piperidine rings is 2. The van der Waals surface area contributed by atoms with E-state index >= 15 is 4.39 Å². The maximum Gasteiger partial charge on any atom is 0.207 e. The maximum atomic E-state index is 16.7. The van der Waals surface area contributed by atoms with Gasteiger partial charge in [0.25, 0.3) is 0 Å². The third-order valence-electron chi connectivity index (χ3n) is 9.67. The standard InChI is InChI=1S/C34H30F2N6O/c1-2-20-5-3-6-21-13-25(43)14-26(29(20)21)31-30(36)32-27(17-38-31)33(42-19-23-7-8-24(42)16-37-23)40-28(39-32)9-11-34-10-4-12-41(34)18-22(35)15-34/h1,3,5-6,13-14,17,22-24,37,43H,4,7-8,10,12,15-16,18-19H2/t22-,23-,24-,34-/m1/s1. The third-order valence-corrected chi connectivity index (χ3v) is 9.67. The number of halogens is 2. The van der Waals surface area contributed by atoms with Crippen LogP contribution in [0.1, 0.15) is 43.5 Å². The minimum absolute atomic E-state index is 0.0205. The Morgan fingerprint density at radius 1 is 1.16 bits per heavy atom. The first-order valence-corrected chi connectivity index (χ1v) is 14.9. The highest BCUT2D eigenvalue weighted by atomic mass is 19.1. The lowest BCUT2D eigenvalue weighted by Crippen LogP contribution is -2.61. The summed E-state index contributed by atoms with van der Waals surface area (Å²) in [5.74, 6) is 9.34. The van der Waals surface area contributed by atoms with Gasteiger partial charge in [0.15, 0.2) is 5.82 Å². The highest BCUT2D eigenvalue weighted by Gasteiger charge is 2.47. The minimum Gasteiger partial charge on any atom is -0.508 e. The lowest BCUT2D eigenvalue weighted by Gasteiger charge is -2.46. The summed E-state index contributed by atoms with van der Waals surface area (Å²) in [6, 6.07) is 9.04. The number of hydrogen-bond donors (Lipinski definition) is 2. The molecule has 4 aromatic rings. The second-order valence-electron chi connectivity index (χ2n) is 12.2. The third kappa shape index (κ3) is 4.22. The van der Waals surface area contributed by atoms with Crippen molar-refractivity contribution in [2.45, 2.75) is 55.9 Å². The summed E-state index contributed by atoms with van der Waals surface area (Å²) in [6.07, 6.45) is 10.8. The van der Waals surface area contributed by atoms with E-state index in [4.69, 9.17) is 11.4 Å². The fraction of sp³-hybridized carbons (Fsp3) is 0.382. The lowest BCUT2D eigenvalue weighted by atomic mass is 9.92. The number of pyridine rings is 1. The van der Waals surface area contributed by atoms with Crippen molar-refractivity contribution in [3.05, 3.63) is 53.7 Å². The smallest absolute Gasteiger partial charge is 0.207 e. The molecule has 0 radical (unpaired) electrons. The quantitative estimate of drug-likeness (QED) is 0.340. The summed E-state index contributed by atoms with van der Waals surface area (Å²) < 4.78 is 31.2. The van der Waals surface area contributed by atoms with Crippen LogP contribution in [0.15, 0.2) is 36.5 Å². The fourth-order valence-electron chi connectivity index (χ4n) is 7.66. The fourth-order valence-corrected chi connectivity index (χ4v) is 7.66. The number of nitrogens with one attached hydrogen (secondary N) is 1. The van der Waals surface area contributed by atoms with E-state index in [1.807, 2.05) is 6.07 Å². The van der Waals surface area contributed by atoms with Crippen molar-refractivity contribution in [3.8, 4) is 41.2 Å². The first-order chi connectivity index (χ1) is 20.9. The van der Waals surface area contributed by atoms with Crippen LogP contribution < -0.4 is 10.2 Å². The zero-order valence-corrected chi connectivity index (χ0v) is 23.6. The van der Waals surface area contributed by atoms with E-state index in [1.165, 1.54) is 6.07 Å². The number of piperazine rings is 1. The zero-order chi connectivity index (χ0) is 29.3. The van der Waals surface area contributed by atoms with E-state index in [0.29, 0.717) is 52.1 Å². The number of terminal acetylenes is 1. The van der Waals surface area contributed by atoms with Gasteiger partial charge in [-0.05, 0) is 61.7 Å². The second kappa shape index (κ2) is 9.87. The van der Waals surface area contributed by atoms with Crippen molar-refractivity contribution in [1.82, 2.24) is 25.2 Å². The normalized spacial score (nSPS) is 26.4. The topological polar surface area (TPSA) is 77.4 Å². The number of rotatable bonds is 2. The number of benzene rings is 2. The highest BCUT2D eigenvalue weighted by molar-refractivity contribution is 6.02. The minimum atomic E-state index is -0.907. The van der Waals surface area contributed by atoms with Crippen LogP contribution in [0.2, 0.25) is 0 Å². The molecule has 5 aliphatic heterocycles. The molecule has 0 amide bonds. The average Bonchev–Trinajstić information content (AvgIpc) is 3.55. The number of alkyl halides is 1. The first kappa shape index (κ1) is 26.3.